The van der Waals surface area contributed by atoms with E-state index in [0.29, 0.717) is 11.3 Å². The third-order valence-electron chi connectivity index (χ3n) is 4.44. The van der Waals surface area contributed by atoms with Crippen molar-refractivity contribution in [2.24, 2.45) is 5.73 Å². The Balaban J connectivity index is 1.55. The first-order chi connectivity index (χ1) is 13.0. The maximum Gasteiger partial charge on any atom is 0.253 e. The number of carbonyl (C=O) groups excluding carboxylic acids is 3. The molecule has 0 aliphatic carbocycles. The lowest BCUT2D eigenvalue weighted by molar-refractivity contribution is -0.114. The quantitative estimate of drug-likeness (QED) is 0.728. The zero-order chi connectivity index (χ0) is 19.2. The molecule has 2 aromatic rings. The second kappa shape index (κ2) is 8.35. The Hall–Kier alpha value is -3.35. The molecule has 1 aliphatic heterocycles. The molecule has 1 heterocycles. The molecule has 3 amide bonds. The van der Waals surface area contributed by atoms with E-state index < -0.39 is 5.91 Å². The van der Waals surface area contributed by atoms with Crippen molar-refractivity contribution >= 4 is 29.1 Å². The topological polar surface area (TPSA) is 105 Å². The first kappa shape index (κ1) is 18.4. The Bertz CT molecular complexity index is 843. The van der Waals surface area contributed by atoms with Crippen molar-refractivity contribution in [2.45, 2.75) is 12.8 Å². The molecule has 3 rings (SSSR count). The highest BCUT2D eigenvalue weighted by molar-refractivity contribution is 6.03. The number of nitrogens with one attached hydrogen (secondary N) is 2. The van der Waals surface area contributed by atoms with Crippen LogP contribution in [0.3, 0.4) is 0 Å². The number of likely N-dealkylation sites (tertiary alicyclic amines) is 1. The summed E-state index contributed by atoms with van der Waals surface area (Å²) < 4.78 is 0. The molecule has 1 aliphatic rings. The minimum atomic E-state index is -0.600. The molecule has 0 saturated carbocycles. The molecule has 140 valence electrons. The van der Waals surface area contributed by atoms with Crippen LogP contribution < -0.4 is 16.4 Å². The van der Waals surface area contributed by atoms with Gasteiger partial charge in [-0.05, 0) is 49.2 Å². The third-order valence-corrected chi connectivity index (χ3v) is 4.44. The Morgan fingerprint density at radius 2 is 1.63 bits per heavy atom. The van der Waals surface area contributed by atoms with E-state index in [1.54, 1.807) is 48.5 Å². The molecule has 0 spiro atoms. The largest absolute Gasteiger partial charge is 0.376 e. The fourth-order valence-electron chi connectivity index (χ4n) is 3.02. The van der Waals surface area contributed by atoms with Gasteiger partial charge in [0.15, 0.2) is 0 Å². The maximum absolute atomic E-state index is 12.3. The third kappa shape index (κ3) is 4.63. The summed E-state index contributed by atoms with van der Waals surface area (Å²) in [5, 5.41) is 5.66. The number of rotatable bonds is 6. The maximum atomic E-state index is 12.3. The van der Waals surface area contributed by atoms with Gasteiger partial charge in [-0.2, -0.15) is 0 Å². The van der Waals surface area contributed by atoms with Crippen LogP contribution in [0.2, 0.25) is 0 Å². The van der Waals surface area contributed by atoms with Crippen molar-refractivity contribution in [1.29, 1.82) is 0 Å². The van der Waals surface area contributed by atoms with E-state index in [0.717, 1.165) is 31.6 Å². The molecule has 27 heavy (non-hydrogen) atoms. The van der Waals surface area contributed by atoms with Gasteiger partial charge < -0.3 is 21.3 Å². The Morgan fingerprint density at radius 1 is 0.963 bits per heavy atom. The number of amides is 3. The fraction of sp³-hybridized carbons (Fsp3) is 0.250. The van der Waals surface area contributed by atoms with Crippen LogP contribution >= 0.6 is 0 Å². The molecule has 1 fully saturated rings. The van der Waals surface area contributed by atoms with E-state index in [2.05, 4.69) is 10.6 Å². The van der Waals surface area contributed by atoms with Gasteiger partial charge in [-0.1, -0.05) is 12.1 Å². The number of nitrogens with zero attached hydrogens (tertiary/aromatic N) is 1. The van der Waals surface area contributed by atoms with Crippen molar-refractivity contribution in [3.63, 3.8) is 0 Å². The number of primary amides is 1. The second-order valence-corrected chi connectivity index (χ2v) is 6.39. The summed E-state index contributed by atoms with van der Waals surface area (Å²) in [6, 6.07) is 13.6. The van der Waals surface area contributed by atoms with E-state index in [-0.39, 0.29) is 23.9 Å². The summed E-state index contributed by atoms with van der Waals surface area (Å²) in [6.45, 7) is 1.64. The summed E-state index contributed by atoms with van der Waals surface area (Å²) in [4.78, 5) is 37.7. The minimum absolute atomic E-state index is 0.0204. The molecule has 0 atom stereocenters. The van der Waals surface area contributed by atoms with Gasteiger partial charge in [-0.25, -0.2) is 0 Å². The molecule has 7 heteroatoms. The normalized spacial score (nSPS) is 13.3. The highest BCUT2D eigenvalue weighted by Crippen LogP contribution is 2.16. The van der Waals surface area contributed by atoms with Gasteiger partial charge in [0.2, 0.25) is 5.91 Å². The standard InChI is InChI=1S/C20H22N4O3/c21-19(26)16-5-1-2-6-17(16)23-18(25)13-22-15-9-7-14(8-10-15)20(27)24-11-3-4-12-24/h1-2,5-10,22H,3-4,11-13H2,(H2,21,26)(H,23,25). The lowest BCUT2D eigenvalue weighted by Crippen LogP contribution is -2.27. The fourth-order valence-corrected chi connectivity index (χ4v) is 3.02. The van der Waals surface area contributed by atoms with Gasteiger partial charge in [0, 0.05) is 24.3 Å². The second-order valence-electron chi connectivity index (χ2n) is 6.39. The Kier molecular flexibility index (Phi) is 5.71. The number of carbonyl (C=O) groups is 3. The molecule has 2 aromatic carbocycles. The molecule has 1 saturated heterocycles. The van der Waals surface area contributed by atoms with Crippen molar-refractivity contribution in [2.75, 3.05) is 30.3 Å². The molecule has 4 N–H and O–H groups in total. The van der Waals surface area contributed by atoms with Crippen LogP contribution in [0.15, 0.2) is 48.5 Å². The Labute approximate surface area is 157 Å². The Morgan fingerprint density at radius 3 is 2.30 bits per heavy atom. The lowest BCUT2D eigenvalue weighted by Gasteiger charge is -2.15. The van der Waals surface area contributed by atoms with E-state index in [1.165, 1.54) is 0 Å². The van der Waals surface area contributed by atoms with Crippen LogP contribution in [-0.2, 0) is 4.79 Å². The molecule has 0 unspecified atom stereocenters. The molecular weight excluding hydrogens is 344 g/mol. The summed E-state index contributed by atoms with van der Waals surface area (Å²) in [5.74, 6) is -0.863. The highest BCUT2D eigenvalue weighted by atomic mass is 16.2. The average Bonchev–Trinajstić information content (AvgIpc) is 3.21. The average molecular weight is 366 g/mol. The summed E-state index contributed by atoms with van der Waals surface area (Å²) in [5.41, 5.74) is 7.31. The number of benzene rings is 2. The van der Waals surface area contributed by atoms with E-state index in [9.17, 15) is 14.4 Å². The van der Waals surface area contributed by atoms with Gasteiger partial charge in [0.25, 0.3) is 11.8 Å². The summed E-state index contributed by atoms with van der Waals surface area (Å²) in [6.07, 6.45) is 2.11. The minimum Gasteiger partial charge on any atom is -0.376 e. The van der Waals surface area contributed by atoms with Crippen LogP contribution in [0.4, 0.5) is 11.4 Å². The van der Waals surface area contributed by atoms with Crippen molar-refractivity contribution < 1.29 is 14.4 Å². The molecule has 0 bridgehead atoms. The highest BCUT2D eigenvalue weighted by Gasteiger charge is 2.19. The monoisotopic (exact) mass is 366 g/mol. The van der Waals surface area contributed by atoms with Crippen LogP contribution in [0.25, 0.3) is 0 Å². The zero-order valence-corrected chi connectivity index (χ0v) is 14.9. The van der Waals surface area contributed by atoms with E-state index in [1.807, 2.05) is 4.90 Å². The summed E-state index contributed by atoms with van der Waals surface area (Å²) in [7, 11) is 0. The number of anilines is 2. The lowest BCUT2D eigenvalue weighted by atomic mass is 10.1. The SMILES string of the molecule is NC(=O)c1ccccc1NC(=O)CNc1ccc(C(=O)N2CCCC2)cc1. The molecule has 0 radical (unpaired) electrons. The van der Waals surface area contributed by atoms with Crippen molar-refractivity contribution in [1.82, 2.24) is 4.90 Å². The van der Waals surface area contributed by atoms with Crippen LogP contribution in [0.5, 0.6) is 0 Å². The number of hydrogen-bond donors (Lipinski definition) is 3. The zero-order valence-electron chi connectivity index (χ0n) is 14.9. The molecule has 0 aromatic heterocycles. The van der Waals surface area contributed by atoms with Gasteiger partial charge in [-0.3, -0.25) is 14.4 Å². The molecule has 7 nitrogen and oxygen atoms in total. The predicted molar refractivity (Wildman–Crippen MR) is 104 cm³/mol. The first-order valence-electron chi connectivity index (χ1n) is 8.86. The number of hydrogen-bond acceptors (Lipinski definition) is 4. The van der Waals surface area contributed by atoms with Gasteiger partial charge in [0.05, 0.1) is 17.8 Å². The van der Waals surface area contributed by atoms with Crippen molar-refractivity contribution in [3.8, 4) is 0 Å². The number of nitrogens with two attached hydrogens (primary N) is 1. The van der Waals surface area contributed by atoms with Gasteiger partial charge >= 0.3 is 0 Å². The van der Waals surface area contributed by atoms with Crippen LogP contribution in [-0.4, -0.2) is 42.3 Å². The summed E-state index contributed by atoms with van der Waals surface area (Å²) >= 11 is 0. The van der Waals surface area contributed by atoms with Crippen LogP contribution in [0.1, 0.15) is 33.6 Å². The predicted octanol–water partition coefficient (Wildman–Crippen LogP) is 2.07. The first-order valence-corrected chi connectivity index (χ1v) is 8.86. The van der Waals surface area contributed by atoms with Crippen LogP contribution in [0, 0.1) is 0 Å². The van der Waals surface area contributed by atoms with Crippen molar-refractivity contribution in [3.05, 3.63) is 59.7 Å². The van der Waals surface area contributed by atoms with E-state index in [4.69, 9.17) is 5.73 Å². The van der Waals surface area contributed by atoms with E-state index >= 15 is 0 Å². The van der Waals surface area contributed by atoms with Gasteiger partial charge in [0.1, 0.15) is 0 Å². The van der Waals surface area contributed by atoms with Gasteiger partial charge in [-0.15, -0.1) is 0 Å². The number of para-hydroxylation sites is 1. The molecular formula is C20H22N4O3. The smallest absolute Gasteiger partial charge is 0.253 e.